The molecule has 2 aliphatic heterocycles. The number of methoxy groups -OCH3 is 1. The first-order chi connectivity index (χ1) is 21.3. The van der Waals surface area contributed by atoms with Crippen LogP contribution >= 0.6 is 0 Å². The smallest absolute Gasteiger partial charge is 0.493 e. The van der Waals surface area contributed by atoms with Crippen LogP contribution in [0.25, 0.3) is 0 Å². The number of likely N-dealkylation sites (N-methyl/N-ethyl adjacent to an activating group) is 1. The van der Waals surface area contributed by atoms with E-state index in [4.69, 9.17) is 28.4 Å². The van der Waals surface area contributed by atoms with Crippen LogP contribution in [0, 0.1) is 0 Å². The van der Waals surface area contributed by atoms with Crippen LogP contribution in [0.3, 0.4) is 0 Å². The van der Waals surface area contributed by atoms with Gasteiger partial charge in [0, 0.05) is 23.6 Å². The topological polar surface area (TPSA) is 130 Å². The fourth-order valence-electron chi connectivity index (χ4n) is 7.32. The minimum atomic E-state index is -1.48. The van der Waals surface area contributed by atoms with Gasteiger partial charge in [0.15, 0.2) is 23.7 Å². The monoisotopic (exact) mass is 621 g/mol. The summed E-state index contributed by atoms with van der Waals surface area (Å²) in [5.41, 5.74) is -0.543. The molecule has 2 aliphatic carbocycles. The SMILES string of the molecule is COc1ccc2c3c1O[C@H]1C(OC(=O)C(C)OC(=O)[C@@H](OC(=O)OC(C)(C)C)c4ccccc4)=CC[C@@]4(O)[C@@H](C2)N(C)CC[C@]314. The Balaban J connectivity index is 1.23. The van der Waals surface area contributed by atoms with Gasteiger partial charge in [-0.3, -0.25) is 0 Å². The van der Waals surface area contributed by atoms with Gasteiger partial charge < -0.3 is 38.4 Å². The van der Waals surface area contributed by atoms with Gasteiger partial charge in [-0.2, -0.15) is 0 Å². The van der Waals surface area contributed by atoms with Crippen molar-refractivity contribution < 1.29 is 47.9 Å². The predicted molar refractivity (Wildman–Crippen MR) is 160 cm³/mol. The third kappa shape index (κ3) is 5.02. The molecular formula is C34H39NO10. The number of benzene rings is 2. The second-order valence-corrected chi connectivity index (χ2v) is 13.2. The van der Waals surface area contributed by atoms with Gasteiger partial charge in [0.25, 0.3) is 0 Å². The lowest BCUT2D eigenvalue weighted by Crippen LogP contribution is -2.74. The van der Waals surface area contributed by atoms with Gasteiger partial charge in [0.05, 0.1) is 18.1 Å². The van der Waals surface area contributed by atoms with Crippen LogP contribution in [0.1, 0.15) is 63.3 Å². The molecule has 45 heavy (non-hydrogen) atoms. The van der Waals surface area contributed by atoms with E-state index in [1.807, 2.05) is 19.2 Å². The summed E-state index contributed by atoms with van der Waals surface area (Å²) in [4.78, 5) is 41.4. The largest absolute Gasteiger partial charge is 0.509 e. The van der Waals surface area contributed by atoms with Crippen LogP contribution in [0.5, 0.6) is 11.5 Å². The number of hydrogen-bond donors (Lipinski definition) is 1. The molecule has 6 rings (SSSR count). The van der Waals surface area contributed by atoms with Crippen molar-refractivity contribution in [1.82, 2.24) is 4.90 Å². The number of hydrogen-bond acceptors (Lipinski definition) is 11. The molecule has 1 saturated heterocycles. The van der Waals surface area contributed by atoms with Gasteiger partial charge in [-0.15, -0.1) is 0 Å². The molecular weight excluding hydrogens is 582 g/mol. The summed E-state index contributed by atoms with van der Waals surface area (Å²) in [5, 5.41) is 12.4. The summed E-state index contributed by atoms with van der Waals surface area (Å²) in [6.45, 7) is 7.11. The Hall–Kier alpha value is -4.09. The Morgan fingerprint density at radius 2 is 1.80 bits per heavy atom. The first-order valence-electron chi connectivity index (χ1n) is 15.2. The molecule has 2 heterocycles. The summed E-state index contributed by atoms with van der Waals surface area (Å²) < 4.78 is 34.1. The van der Waals surface area contributed by atoms with Crippen molar-refractivity contribution in [2.75, 3.05) is 20.7 Å². The number of esters is 2. The van der Waals surface area contributed by atoms with Crippen molar-refractivity contribution in [3.8, 4) is 11.5 Å². The van der Waals surface area contributed by atoms with E-state index in [2.05, 4.69) is 4.90 Å². The van der Waals surface area contributed by atoms with Crippen molar-refractivity contribution >= 4 is 18.1 Å². The second kappa shape index (κ2) is 11.1. The zero-order chi connectivity index (χ0) is 32.3. The van der Waals surface area contributed by atoms with Crippen LogP contribution < -0.4 is 9.47 Å². The zero-order valence-corrected chi connectivity index (χ0v) is 26.3. The summed E-state index contributed by atoms with van der Waals surface area (Å²) in [6, 6.07) is 12.0. The highest BCUT2D eigenvalue weighted by atomic mass is 16.7. The molecule has 0 radical (unpaired) electrons. The zero-order valence-electron chi connectivity index (χ0n) is 26.3. The molecule has 6 atom stereocenters. The molecule has 0 saturated carbocycles. The molecule has 2 aromatic rings. The maximum atomic E-state index is 13.4. The summed E-state index contributed by atoms with van der Waals surface area (Å²) >= 11 is 0. The third-order valence-corrected chi connectivity index (χ3v) is 9.32. The Morgan fingerprint density at radius 3 is 2.49 bits per heavy atom. The van der Waals surface area contributed by atoms with Crippen molar-refractivity contribution in [2.24, 2.45) is 0 Å². The molecule has 1 N–H and O–H groups in total. The molecule has 0 amide bonds. The Kier molecular flexibility index (Phi) is 7.60. The minimum Gasteiger partial charge on any atom is -0.493 e. The molecule has 0 aromatic heterocycles. The number of rotatable bonds is 7. The van der Waals surface area contributed by atoms with Crippen molar-refractivity contribution in [3.05, 3.63) is 71.0 Å². The van der Waals surface area contributed by atoms with E-state index < -0.39 is 53.0 Å². The molecule has 11 nitrogen and oxygen atoms in total. The van der Waals surface area contributed by atoms with Gasteiger partial charge in [-0.05, 0) is 71.8 Å². The van der Waals surface area contributed by atoms with E-state index in [0.29, 0.717) is 29.9 Å². The van der Waals surface area contributed by atoms with Gasteiger partial charge in [-0.1, -0.05) is 36.4 Å². The number of piperidine rings is 1. The van der Waals surface area contributed by atoms with Crippen LogP contribution in [0.2, 0.25) is 0 Å². The highest BCUT2D eigenvalue weighted by molar-refractivity contribution is 5.84. The van der Waals surface area contributed by atoms with Crippen LogP contribution in [-0.4, -0.2) is 78.3 Å². The van der Waals surface area contributed by atoms with Crippen LogP contribution in [0.15, 0.2) is 54.3 Å². The van der Waals surface area contributed by atoms with Crippen molar-refractivity contribution in [2.45, 2.75) is 87.9 Å². The van der Waals surface area contributed by atoms with Gasteiger partial charge in [0.1, 0.15) is 11.4 Å². The molecule has 1 spiro atoms. The highest BCUT2D eigenvalue weighted by Crippen LogP contribution is 2.65. The first-order valence-corrected chi connectivity index (χ1v) is 15.2. The summed E-state index contributed by atoms with van der Waals surface area (Å²) in [7, 11) is 3.58. The van der Waals surface area contributed by atoms with E-state index in [0.717, 1.165) is 17.7 Å². The van der Waals surface area contributed by atoms with E-state index in [1.165, 1.54) is 6.92 Å². The molecule has 2 aromatic carbocycles. The number of likely N-dealkylation sites (tertiary alicyclic amines) is 1. The maximum Gasteiger partial charge on any atom is 0.509 e. The molecule has 1 fully saturated rings. The first kappa shape index (κ1) is 30.9. The predicted octanol–water partition coefficient (Wildman–Crippen LogP) is 4.14. The fraction of sp³-hybridized carbons (Fsp3) is 0.500. The third-order valence-electron chi connectivity index (χ3n) is 9.32. The number of ether oxygens (including phenoxy) is 6. The average molecular weight is 622 g/mol. The Labute approximate surface area is 262 Å². The second-order valence-electron chi connectivity index (χ2n) is 13.2. The molecule has 4 aliphatic rings. The van der Waals surface area contributed by atoms with E-state index >= 15 is 0 Å². The van der Waals surface area contributed by atoms with E-state index in [9.17, 15) is 19.5 Å². The molecule has 11 heteroatoms. The number of carbonyl (C=O) groups is 3. The van der Waals surface area contributed by atoms with Gasteiger partial charge in [-0.25, -0.2) is 14.4 Å². The summed E-state index contributed by atoms with van der Waals surface area (Å²) in [6.07, 6.45) is -1.52. The van der Waals surface area contributed by atoms with Gasteiger partial charge >= 0.3 is 18.1 Å². The summed E-state index contributed by atoms with van der Waals surface area (Å²) in [5.74, 6) is -0.470. The normalized spacial score (nSPS) is 27.6. The van der Waals surface area contributed by atoms with Crippen molar-refractivity contribution in [1.29, 1.82) is 0 Å². The lowest BCUT2D eigenvalue weighted by atomic mass is 9.50. The lowest BCUT2D eigenvalue weighted by Gasteiger charge is -2.61. The number of carbonyl (C=O) groups excluding carboxylic acids is 3. The Morgan fingerprint density at radius 1 is 1.07 bits per heavy atom. The molecule has 1 unspecified atom stereocenters. The molecule has 2 bridgehead atoms. The van der Waals surface area contributed by atoms with Gasteiger partial charge in [0.2, 0.25) is 6.10 Å². The minimum absolute atomic E-state index is 0.155. The van der Waals surface area contributed by atoms with Crippen LogP contribution in [0.4, 0.5) is 4.79 Å². The number of aliphatic hydroxyl groups is 1. The van der Waals surface area contributed by atoms with E-state index in [-0.39, 0.29) is 18.2 Å². The lowest BCUT2D eigenvalue weighted by molar-refractivity contribution is -0.178. The Bertz CT molecular complexity index is 1550. The van der Waals surface area contributed by atoms with E-state index in [1.54, 1.807) is 64.3 Å². The van der Waals surface area contributed by atoms with Crippen LogP contribution in [-0.2, 0) is 40.4 Å². The van der Waals surface area contributed by atoms with Crippen molar-refractivity contribution in [3.63, 3.8) is 0 Å². The maximum absolute atomic E-state index is 13.4. The highest BCUT2D eigenvalue weighted by Gasteiger charge is 2.72. The fourth-order valence-corrected chi connectivity index (χ4v) is 7.32. The number of nitrogens with zero attached hydrogens (tertiary/aromatic N) is 1. The average Bonchev–Trinajstić information content (AvgIpc) is 3.34. The standard InChI is InChI=1S/C34H39NO10/c1-19(41-30(37)26(20-10-8-7-9-11-20)44-31(38)45-32(2,3)4)29(36)42-23-14-15-34(39)24-18-21-12-13-22(40-6)27-25(21)33(34,28(23)43-27)16-17-35(24)5/h7-14,19,24,26,28,39H,15-18H2,1-6H3/t19?,24-,26+,28+,33+,34-/m1/s1. The quantitative estimate of drug-likeness (QED) is 0.354. The molecule has 240 valence electrons.